The number of ether oxygens (including phenoxy) is 3. The topological polar surface area (TPSA) is 27.7 Å². The number of hydrogen-bond acceptors (Lipinski definition) is 3. The molecule has 3 heteroatoms. The summed E-state index contributed by atoms with van der Waals surface area (Å²) in [4.78, 5) is 0. The first-order chi connectivity index (χ1) is 16.4. The highest BCUT2D eigenvalue weighted by Crippen LogP contribution is 2.44. The second kappa shape index (κ2) is 12.3. The van der Waals surface area contributed by atoms with E-state index >= 15 is 0 Å². The first kappa shape index (κ1) is 28.5. The van der Waals surface area contributed by atoms with Gasteiger partial charge in [0.1, 0.15) is 17.1 Å². The lowest BCUT2D eigenvalue weighted by Crippen LogP contribution is -2.33. The molecular weight excluding hydrogens is 432 g/mol. The summed E-state index contributed by atoms with van der Waals surface area (Å²) < 4.78 is 18.7. The number of methoxy groups -OCH3 is 1. The molecule has 0 amide bonds. The fourth-order valence-corrected chi connectivity index (χ4v) is 4.08. The quantitative estimate of drug-likeness (QED) is 0.287. The third-order valence-electron chi connectivity index (χ3n) is 6.25. The van der Waals surface area contributed by atoms with Crippen LogP contribution in [0.3, 0.4) is 0 Å². The van der Waals surface area contributed by atoms with E-state index < -0.39 is 5.60 Å². The minimum atomic E-state index is -0.435. The van der Waals surface area contributed by atoms with Crippen LogP contribution in [-0.4, -0.2) is 24.9 Å². The Bertz CT molecular complexity index is 1010. The molecule has 3 nitrogen and oxygen atoms in total. The summed E-state index contributed by atoms with van der Waals surface area (Å²) in [6.45, 7) is 23.4. The summed E-state index contributed by atoms with van der Waals surface area (Å²) in [6, 6.07) is 14.7. The van der Waals surface area contributed by atoms with E-state index in [1.165, 1.54) is 5.56 Å². The Morgan fingerprint density at radius 1 is 0.971 bits per heavy atom. The van der Waals surface area contributed by atoms with Gasteiger partial charge in [0.2, 0.25) is 0 Å². The molecular formula is C32H44O3. The molecule has 0 fully saturated rings. The SMILES string of the molecule is C=C/C=C(\C=C)C(C)c1cc(OC)cc(C(C)c2ccccc2)c1OC(C)(C)CCOC(C)(C)C. The van der Waals surface area contributed by atoms with E-state index in [4.69, 9.17) is 14.2 Å². The highest BCUT2D eigenvalue weighted by atomic mass is 16.5. The van der Waals surface area contributed by atoms with Crippen molar-refractivity contribution < 1.29 is 14.2 Å². The fourth-order valence-electron chi connectivity index (χ4n) is 4.08. The third-order valence-corrected chi connectivity index (χ3v) is 6.25. The van der Waals surface area contributed by atoms with Crippen LogP contribution in [0.2, 0.25) is 0 Å². The second-order valence-corrected chi connectivity index (χ2v) is 10.7. The Kier molecular flexibility index (Phi) is 9.97. The van der Waals surface area contributed by atoms with Crippen molar-refractivity contribution in [1.29, 1.82) is 0 Å². The zero-order valence-electron chi connectivity index (χ0n) is 23.0. The van der Waals surface area contributed by atoms with Crippen LogP contribution in [0.4, 0.5) is 0 Å². The third kappa shape index (κ3) is 8.14. The minimum Gasteiger partial charge on any atom is -0.497 e. The van der Waals surface area contributed by atoms with Gasteiger partial charge in [0.05, 0.1) is 19.3 Å². The van der Waals surface area contributed by atoms with Gasteiger partial charge in [0.15, 0.2) is 0 Å². The van der Waals surface area contributed by atoms with Gasteiger partial charge in [0, 0.05) is 29.4 Å². The molecule has 2 aromatic rings. The summed E-state index contributed by atoms with van der Waals surface area (Å²) in [7, 11) is 1.71. The molecule has 2 atom stereocenters. The van der Waals surface area contributed by atoms with Gasteiger partial charge in [-0.3, -0.25) is 0 Å². The Morgan fingerprint density at radius 2 is 1.60 bits per heavy atom. The lowest BCUT2D eigenvalue weighted by molar-refractivity contribution is -0.0296. The number of allylic oxidation sites excluding steroid dienone is 4. The van der Waals surface area contributed by atoms with Crippen LogP contribution in [0.1, 0.15) is 83.4 Å². The Balaban J connectivity index is 2.64. The molecule has 0 radical (unpaired) electrons. The van der Waals surface area contributed by atoms with E-state index in [1.807, 2.05) is 18.2 Å². The molecule has 2 unspecified atom stereocenters. The van der Waals surface area contributed by atoms with Gasteiger partial charge in [-0.15, -0.1) is 0 Å². The van der Waals surface area contributed by atoms with Crippen molar-refractivity contribution in [2.75, 3.05) is 13.7 Å². The van der Waals surface area contributed by atoms with Gasteiger partial charge in [-0.1, -0.05) is 75.6 Å². The monoisotopic (exact) mass is 476 g/mol. The predicted octanol–water partition coefficient (Wildman–Crippen LogP) is 8.61. The van der Waals surface area contributed by atoms with Crippen LogP contribution < -0.4 is 9.47 Å². The summed E-state index contributed by atoms with van der Waals surface area (Å²) in [6.07, 6.45) is 6.46. The highest BCUT2D eigenvalue weighted by molar-refractivity contribution is 5.55. The largest absolute Gasteiger partial charge is 0.497 e. The molecule has 0 N–H and O–H groups in total. The van der Waals surface area contributed by atoms with Gasteiger partial charge >= 0.3 is 0 Å². The smallest absolute Gasteiger partial charge is 0.127 e. The lowest BCUT2D eigenvalue weighted by atomic mass is 9.85. The van der Waals surface area contributed by atoms with Crippen LogP contribution >= 0.6 is 0 Å². The van der Waals surface area contributed by atoms with E-state index in [-0.39, 0.29) is 17.4 Å². The van der Waals surface area contributed by atoms with E-state index in [0.717, 1.165) is 34.6 Å². The zero-order valence-corrected chi connectivity index (χ0v) is 23.0. The number of hydrogen-bond donors (Lipinski definition) is 0. The van der Waals surface area contributed by atoms with Crippen LogP contribution in [0.25, 0.3) is 0 Å². The molecule has 0 saturated carbocycles. The van der Waals surface area contributed by atoms with Crippen molar-refractivity contribution in [2.24, 2.45) is 0 Å². The average molecular weight is 477 g/mol. The van der Waals surface area contributed by atoms with E-state index in [2.05, 4.69) is 98.0 Å². The van der Waals surface area contributed by atoms with Gasteiger partial charge in [-0.25, -0.2) is 0 Å². The highest BCUT2D eigenvalue weighted by Gasteiger charge is 2.29. The molecule has 0 aromatic heterocycles. The molecule has 0 saturated heterocycles. The summed E-state index contributed by atoms with van der Waals surface area (Å²) in [5.41, 5.74) is 3.85. The Labute approximate surface area is 213 Å². The van der Waals surface area contributed by atoms with Gasteiger partial charge in [0.25, 0.3) is 0 Å². The first-order valence-electron chi connectivity index (χ1n) is 12.5. The van der Waals surface area contributed by atoms with Crippen molar-refractivity contribution in [1.82, 2.24) is 0 Å². The van der Waals surface area contributed by atoms with Crippen molar-refractivity contribution in [3.8, 4) is 11.5 Å². The summed E-state index contributed by atoms with van der Waals surface area (Å²) in [5.74, 6) is 1.86. The van der Waals surface area contributed by atoms with Crippen molar-refractivity contribution in [3.63, 3.8) is 0 Å². The molecule has 0 heterocycles. The first-order valence-corrected chi connectivity index (χ1v) is 12.5. The normalized spacial score (nSPS) is 14.2. The molecule has 0 aliphatic rings. The van der Waals surface area contributed by atoms with Crippen LogP contribution in [-0.2, 0) is 4.74 Å². The zero-order chi connectivity index (χ0) is 26.2. The van der Waals surface area contributed by atoms with Crippen molar-refractivity contribution in [2.45, 2.75) is 77.9 Å². The maximum Gasteiger partial charge on any atom is 0.127 e. The molecule has 2 rings (SSSR count). The van der Waals surface area contributed by atoms with E-state index in [0.29, 0.717) is 6.61 Å². The van der Waals surface area contributed by atoms with Crippen molar-refractivity contribution in [3.05, 3.63) is 96.1 Å². The lowest BCUT2D eigenvalue weighted by Gasteiger charge is -2.33. The molecule has 0 aliphatic carbocycles. The molecule has 2 aromatic carbocycles. The number of benzene rings is 2. The maximum atomic E-state index is 6.89. The van der Waals surface area contributed by atoms with Crippen LogP contribution in [0, 0.1) is 0 Å². The number of rotatable bonds is 12. The Morgan fingerprint density at radius 3 is 2.14 bits per heavy atom. The fraction of sp³-hybridized carbons (Fsp3) is 0.438. The van der Waals surface area contributed by atoms with Gasteiger partial charge in [-0.05, 0) is 57.9 Å². The predicted molar refractivity (Wildman–Crippen MR) is 149 cm³/mol. The molecule has 0 bridgehead atoms. The second-order valence-electron chi connectivity index (χ2n) is 10.7. The van der Waals surface area contributed by atoms with E-state index in [9.17, 15) is 0 Å². The summed E-state index contributed by atoms with van der Waals surface area (Å²) in [5, 5.41) is 0. The summed E-state index contributed by atoms with van der Waals surface area (Å²) >= 11 is 0. The van der Waals surface area contributed by atoms with E-state index in [1.54, 1.807) is 13.2 Å². The molecule has 190 valence electrons. The molecule has 0 aliphatic heterocycles. The van der Waals surface area contributed by atoms with Gasteiger partial charge < -0.3 is 14.2 Å². The maximum absolute atomic E-state index is 6.89. The average Bonchev–Trinajstić information content (AvgIpc) is 2.81. The standard InChI is InChI=1S/C32H44O3/c1-11-16-25(12-2)23(3)28-21-27(33-10)22-29(24(4)26-17-14-13-15-18-26)30(28)35-32(8,9)19-20-34-31(5,6)7/h11-18,21-24H,1-2,19-20H2,3-10H3/b25-16+. The van der Waals surface area contributed by atoms with Crippen LogP contribution in [0.5, 0.6) is 11.5 Å². The molecule has 35 heavy (non-hydrogen) atoms. The Hall–Kier alpha value is -2.78. The van der Waals surface area contributed by atoms with Gasteiger partial charge in [-0.2, -0.15) is 0 Å². The van der Waals surface area contributed by atoms with Crippen LogP contribution in [0.15, 0.2) is 79.4 Å². The van der Waals surface area contributed by atoms with Crippen molar-refractivity contribution >= 4 is 0 Å². The minimum absolute atomic E-state index is 0.0407. The molecule has 0 spiro atoms.